The maximum atomic E-state index is 8.65. The fourth-order valence-corrected chi connectivity index (χ4v) is 21.2. The van der Waals surface area contributed by atoms with E-state index >= 15 is 0 Å². The Hall–Kier alpha value is -1.99. The maximum absolute atomic E-state index is 8.65. The summed E-state index contributed by atoms with van der Waals surface area (Å²) < 4.78 is 0. The fourth-order valence-electron chi connectivity index (χ4n) is 11.7. The van der Waals surface area contributed by atoms with Gasteiger partial charge in [0.2, 0.25) is 0 Å². The van der Waals surface area contributed by atoms with Crippen molar-refractivity contribution >= 4 is 33.4 Å². The summed E-state index contributed by atoms with van der Waals surface area (Å²) in [6.07, 6.45) is 27.4. The van der Waals surface area contributed by atoms with Crippen LogP contribution in [0.2, 0.25) is 0 Å². The van der Waals surface area contributed by atoms with Crippen molar-refractivity contribution in [2.45, 2.75) is 154 Å². The van der Waals surface area contributed by atoms with E-state index in [0.29, 0.717) is 11.3 Å². The van der Waals surface area contributed by atoms with Crippen LogP contribution in [0.15, 0.2) is 65.5 Å². The Morgan fingerprint density at radius 3 is 1.73 bits per heavy atom. The van der Waals surface area contributed by atoms with Crippen molar-refractivity contribution < 1.29 is 0 Å². The van der Waals surface area contributed by atoms with E-state index in [-0.39, 0.29) is 5.66 Å². The van der Waals surface area contributed by atoms with Crippen molar-refractivity contribution in [2.24, 2.45) is 0 Å². The molecule has 0 bridgehead atoms. The first-order valence-electron chi connectivity index (χ1n) is 20.4. The summed E-state index contributed by atoms with van der Waals surface area (Å²) in [6, 6.07) is 9.52. The summed E-state index contributed by atoms with van der Waals surface area (Å²) >= 11 is 17.3. The number of halogens is 2. The van der Waals surface area contributed by atoms with Crippen LogP contribution in [0.25, 0.3) is 5.57 Å². The predicted molar refractivity (Wildman–Crippen MR) is 226 cm³/mol. The molecular weight excluding hydrogens is 682 g/mol. The molecule has 0 aromatic heterocycles. The Morgan fingerprint density at radius 2 is 1.18 bits per heavy atom. The van der Waals surface area contributed by atoms with Gasteiger partial charge >= 0.3 is 321 Å². The van der Waals surface area contributed by atoms with Gasteiger partial charge in [-0.05, 0) is 0 Å². The van der Waals surface area contributed by atoms with Crippen LogP contribution in [-0.4, -0.2) is 30.1 Å². The second kappa shape index (κ2) is 14.7. The van der Waals surface area contributed by atoms with Crippen LogP contribution < -0.4 is 10.6 Å². The van der Waals surface area contributed by atoms with E-state index in [4.69, 9.17) is 22.5 Å². The molecule has 7 rings (SSSR count). The van der Waals surface area contributed by atoms with Crippen LogP contribution in [0.3, 0.4) is 0 Å². The third-order valence-corrected chi connectivity index (χ3v) is 23.8. The summed E-state index contributed by atoms with van der Waals surface area (Å²) in [6.45, 7) is 15.6. The van der Waals surface area contributed by atoms with Gasteiger partial charge in [-0.2, -0.15) is 0 Å². The normalized spacial score (nSPS) is 26.8. The van der Waals surface area contributed by atoms with E-state index in [1.54, 1.807) is 5.57 Å². The van der Waals surface area contributed by atoms with Crippen LogP contribution in [0.1, 0.15) is 134 Å². The van der Waals surface area contributed by atoms with Crippen LogP contribution in [0.5, 0.6) is 0 Å². The molecule has 2 aromatic rings. The zero-order chi connectivity index (χ0) is 36.0. The van der Waals surface area contributed by atoms with Crippen LogP contribution >= 0.6 is 27.8 Å². The quantitative estimate of drug-likeness (QED) is 0.227. The van der Waals surface area contributed by atoms with Gasteiger partial charge in [0, 0.05) is 0 Å². The van der Waals surface area contributed by atoms with Crippen LogP contribution in [0.4, 0.5) is 0 Å². The molecule has 51 heavy (non-hydrogen) atoms. The molecule has 0 spiro atoms. The molecule has 2 N–H and O–H groups in total. The number of nitrogens with one attached hydrogen (secondary N) is 2. The topological polar surface area (TPSA) is 24.1 Å². The van der Waals surface area contributed by atoms with Crippen LogP contribution in [0, 0.1) is 41.5 Å². The average Bonchev–Trinajstić information content (AvgIpc) is 3.63. The first-order valence-corrected chi connectivity index (χ1v) is 24.6. The molecule has 276 valence electrons. The number of rotatable bonds is 6. The molecule has 4 fully saturated rings. The van der Waals surface area contributed by atoms with Gasteiger partial charge in [-0.3, -0.25) is 0 Å². The summed E-state index contributed by atoms with van der Waals surface area (Å²) in [5.74, 6) is 1.17. The third-order valence-electron chi connectivity index (χ3n) is 13.5. The molecule has 2 aromatic carbocycles. The van der Waals surface area contributed by atoms with E-state index in [2.05, 4.69) is 101 Å². The summed E-state index contributed by atoms with van der Waals surface area (Å²) in [5, 5.41) is 4.47. The van der Waals surface area contributed by atoms with Gasteiger partial charge in [0.05, 0.1) is 0 Å². The number of allylic oxidation sites excluding steroid dienone is 7. The summed E-state index contributed by atoms with van der Waals surface area (Å²) in [5.41, 5.74) is 15.7. The second-order valence-corrected chi connectivity index (χ2v) is 26.4. The van der Waals surface area contributed by atoms with Crippen LogP contribution in [-0.2, 0) is 5.41 Å². The van der Waals surface area contributed by atoms with Gasteiger partial charge in [0.15, 0.2) is 0 Å². The monoisotopic (exact) mass is 744 g/mol. The average molecular weight is 746 g/mol. The van der Waals surface area contributed by atoms with Gasteiger partial charge in [0.25, 0.3) is 0 Å². The molecule has 0 amide bonds. The fraction of sp³-hybridized carbons (Fsp3) is 0.565. The van der Waals surface area contributed by atoms with Gasteiger partial charge in [-0.1, -0.05) is 0 Å². The van der Waals surface area contributed by atoms with E-state index in [0.717, 1.165) is 25.9 Å². The van der Waals surface area contributed by atoms with Crippen molar-refractivity contribution in [3.63, 3.8) is 0 Å². The summed E-state index contributed by atoms with van der Waals surface area (Å²) in [7, 11) is 0. The molecule has 2 atom stereocenters. The Morgan fingerprint density at radius 1 is 0.667 bits per heavy atom. The summed E-state index contributed by atoms with van der Waals surface area (Å²) in [4.78, 5) is 0. The minimum absolute atomic E-state index is 0.267. The molecular formula is C46H63Cl2N2P. The van der Waals surface area contributed by atoms with E-state index < -0.39 is 10.7 Å². The molecule has 0 radical (unpaired) electrons. The first-order chi connectivity index (χ1) is 24.4. The van der Waals surface area contributed by atoms with E-state index in [1.807, 2.05) is 0 Å². The number of aryl methyl sites for hydroxylation is 6. The first kappa shape index (κ1) is 37.3. The molecule has 1 aliphatic heterocycles. The molecule has 3 saturated carbocycles. The Labute approximate surface area is 319 Å². The third kappa shape index (κ3) is 6.61. The standard InChI is InChI=1S/C46H63Cl2N2P/c1-31-26-33(3)42(34(4)27-31)40-21-15-23-46(44(40)45-49-24-25-50-45,43-35(5)28-32(2)29-36(43)6)30-37-16-13-14-22-41(37)51(47,48,38-17-9-7-10-18-38)39-19-11-8-12-20-39/h15,21,23,26-30,38-39,41,49-50H,7-14,16-20,22,24-25H2,1-6H3. The van der Waals surface area contributed by atoms with Crippen molar-refractivity contribution in [3.05, 3.63) is 110 Å². The number of hydrogen-bond donors (Lipinski definition) is 2. The van der Waals surface area contributed by atoms with E-state index in [1.165, 1.54) is 139 Å². The molecule has 1 saturated heterocycles. The number of benzene rings is 2. The second-order valence-electron chi connectivity index (χ2n) is 17.1. The molecule has 2 nitrogen and oxygen atoms in total. The zero-order valence-corrected chi connectivity index (χ0v) is 34.8. The van der Waals surface area contributed by atoms with Crippen molar-refractivity contribution in [1.82, 2.24) is 10.6 Å². The van der Waals surface area contributed by atoms with Gasteiger partial charge in [0.1, 0.15) is 0 Å². The Bertz CT molecular complexity index is 1710. The Balaban J connectivity index is 1.52. The van der Waals surface area contributed by atoms with Crippen molar-refractivity contribution in [2.75, 3.05) is 13.1 Å². The predicted octanol–water partition coefficient (Wildman–Crippen LogP) is 13.2. The molecule has 5 heteroatoms. The molecule has 5 aliphatic rings. The van der Waals surface area contributed by atoms with Gasteiger partial charge in [-0.15, -0.1) is 0 Å². The van der Waals surface area contributed by atoms with Gasteiger partial charge in [-0.25, -0.2) is 0 Å². The SMILES string of the molecule is Cc1cc(C)c(C2=CC=CC(C=C3CCCCC3P(Cl)(Cl)(C3CCCCC3)C3CCCCC3)(c3c(C)cc(C)cc3C)C2=C2NCCN2)c(C)c1. The number of hydrogen-bond acceptors (Lipinski definition) is 2. The van der Waals surface area contributed by atoms with Crippen molar-refractivity contribution in [1.29, 1.82) is 0 Å². The molecule has 4 aliphatic carbocycles. The minimum atomic E-state index is -3.26. The van der Waals surface area contributed by atoms with Gasteiger partial charge < -0.3 is 0 Å². The zero-order valence-electron chi connectivity index (χ0n) is 32.4. The van der Waals surface area contributed by atoms with Crippen molar-refractivity contribution in [3.8, 4) is 0 Å². The van der Waals surface area contributed by atoms with E-state index in [9.17, 15) is 0 Å². The molecule has 2 unspecified atom stereocenters. The Kier molecular flexibility index (Phi) is 10.7. The molecule has 1 heterocycles.